The summed E-state index contributed by atoms with van der Waals surface area (Å²) < 4.78 is 5.95. The highest BCUT2D eigenvalue weighted by molar-refractivity contribution is 5.55. The lowest BCUT2D eigenvalue weighted by Gasteiger charge is -2.26. The summed E-state index contributed by atoms with van der Waals surface area (Å²) in [6, 6.07) is 8.17. The highest BCUT2D eigenvalue weighted by atomic mass is 16.5. The van der Waals surface area contributed by atoms with Gasteiger partial charge in [0.05, 0.1) is 0 Å². The summed E-state index contributed by atoms with van der Waals surface area (Å²) in [5.41, 5.74) is 2.27. The molecule has 0 saturated heterocycles. The fourth-order valence-electron chi connectivity index (χ4n) is 5.19. The van der Waals surface area contributed by atoms with Crippen LogP contribution in [0, 0.1) is 11.8 Å². The number of aryl methyl sites for hydroxylation is 1. The number of hydrogen-bond acceptors (Lipinski definition) is 3. The number of aromatic nitrogens is 2. The summed E-state index contributed by atoms with van der Waals surface area (Å²) in [4.78, 5) is 9.19. The predicted octanol–water partition coefficient (Wildman–Crippen LogP) is 9.37. The maximum Gasteiger partial charge on any atom is 0.159 e. The molecule has 35 heavy (non-hydrogen) atoms. The lowest BCUT2D eigenvalue weighted by molar-refractivity contribution is 0.288. The van der Waals surface area contributed by atoms with E-state index >= 15 is 0 Å². The number of hydrogen-bond donors (Lipinski definition) is 0. The van der Waals surface area contributed by atoms with Crippen molar-refractivity contribution < 1.29 is 4.74 Å². The molecule has 0 spiro atoms. The van der Waals surface area contributed by atoms with Crippen molar-refractivity contribution in [2.75, 3.05) is 6.61 Å². The van der Waals surface area contributed by atoms with Crippen LogP contribution in [0.3, 0.4) is 0 Å². The van der Waals surface area contributed by atoms with Gasteiger partial charge in [-0.1, -0.05) is 83.8 Å². The molecule has 2 aromatic rings. The molecule has 1 saturated carbocycles. The van der Waals surface area contributed by atoms with E-state index in [1.165, 1.54) is 95.5 Å². The van der Waals surface area contributed by atoms with Crippen LogP contribution in [0.5, 0.6) is 5.75 Å². The summed E-state index contributed by atoms with van der Waals surface area (Å²) in [7, 11) is 0. The van der Waals surface area contributed by atoms with Gasteiger partial charge < -0.3 is 4.74 Å². The van der Waals surface area contributed by atoms with Crippen LogP contribution in [0.25, 0.3) is 11.4 Å². The van der Waals surface area contributed by atoms with E-state index in [9.17, 15) is 0 Å². The van der Waals surface area contributed by atoms with Crippen LogP contribution < -0.4 is 4.74 Å². The maximum absolute atomic E-state index is 5.95. The predicted molar refractivity (Wildman–Crippen MR) is 149 cm³/mol. The third-order valence-electron chi connectivity index (χ3n) is 7.50. The van der Waals surface area contributed by atoms with Crippen LogP contribution in [-0.4, -0.2) is 16.6 Å². The van der Waals surface area contributed by atoms with E-state index in [-0.39, 0.29) is 0 Å². The summed E-state index contributed by atoms with van der Waals surface area (Å²) in [6.45, 7) is 5.20. The molecule has 3 rings (SSSR count). The van der Waals surface area contributed by atoms with E-state index < -0.39 is 0 Å². The monoisotopic (exact) mass is 476 g/mol. The fourth-order valence-corrected chi connectivity index (χ4v) is 5.19. The van der Waals surface area contributed by atoms with Gasteiger partial charge in [-0.2, -0.15) is 0 Å². The Balaban J connectivity index is 1.33. The minimum absolute atomic E-state index is 0.638. The summed E-state index contributed by atoms with van der Waals surface area (Å²) in [5, 5.41) is 0. The first-order chi connectivity index (χ1) is 17.3. The van der Waals surface area contributed by atoms with Crippen molar-refractivity contribution >= 4 is 0 Å². The molecule has 1 fully saturated rings. The molecule has 1 aromatic carbocycles. The molecule has 0 amide bonds. The Labute approximate surface area is 214 Å². The van der Waals surface area contributed by atoms with Gasteiger partial charge in [-0.3, -0.25) is 0 Å². The van der Waals surface area contributed by atoms with Crippen molar-refractivity contribution in [3.05, 3.63) is 54.4 Å². The van der Waals surface area contributed by atoms with Crippen LogP contribution in [0.2, 0.25) is 0 Å². The van der Waals surface area contributed by atoms with Gasteiger partial charge in [0.1, 0.15) is 12.4 Å². The molecule has 3 nitrogen and oxygen atoms in total. The van der Waals surface area contributed by atoms with E-state index in [2.05, 4.69) is 48.1 Å². The molecule has 1 aliphatic rings. The average Bonchev–Trinajstić information content (AvgIpc) is 2.90. The second-order valence-corrected chi connectivity index (χ2v) is 10.5. The van der Waals surface area contributed by atoms with Crippen molar-refractivity contribution in [2.24, 2.45) is 11.8 Å². The van der Waals surface area contributed by atoms with E-state index in [4.69, 9.17) is 4.74 Å². The van der Waals surface area contributed by atoms with E-state index in [1.807, 2.05) is 24.5 Å². The molecule has 0 N–H and O–H groups in total. The second-order valence-electron chi connectivity index (χ2n) is 10.5. The minimum atomic E-state index is 0.638. The number of rotatable bonds is 16. The summed E-state index contributed by atoms with van der Waals surface area (Å²) >= 11 is 0. The van der Waals surface area contributed by atoms with Crippen LogP contribution in [0.15, 0.2) is 48.8 Å². The molecule has 1 heterocycles. The molecule has 1 aromatic heterocycles. The second kappa shape index (κ2) is 16.5. The van der Waals surface area contributed by atoms with Crippen LogP contribution in [0.1, 0.15) is 109 Å². The molecule has 0 radical (unpaired) electrons. The smallest absolute Gasteiger partial charge is 0.159 e. The SMILES string of the molecule is CCCCCCCCc1cnc(-c2ccc(OCC=C[C@H]3CC[C@H](CCCCC)CC3)cc2)nc1. The van der Waals surface area contributed by atoms with Crippen LogP contribution >= 0.6 is 0 Å². The van der Waals surface area contributed by atoms with Gasteiger partial charge in [0.25, 0.3) is 0 Å². The van der Waals surface area contributed by atoms with Crippen molar-refractivity contribution in [2.45, 2.75) is 110 Å². The first-order valence-corrected chi connectivity index (χ1v) is 14.5. The van der Waals surface area contributed by atoms with Gasteiger partial charge in [-0.25, -0.2) is 9.97 Å². The van der Waals surface area contributed by atoms with Gasteiger partial charge in [0.2, 0.25) is 0 Å². The third-order valence-corrected chi connectivity index (χ3v) is 7.50. The Morgan fingerprint density at radius 3 is 2.17 bits per heavy atom. The quantitative estimate of drug-likeness (QED) is 0.179. The Morgan fingerprint density at radius 2 is 1.46 bits per heavy atom. The molecule has 1 aliphatic carbocycles. The zero-order valence-corrected chi connectivity index (χ0v) is 22.4. The normalized spacial score (nSPS) is 18.2. The Kier molecular flexibility index (Phi) is 12.9. The van der Waals surface area contributed by atoms with Crippen molar-refractivity contribution in [1.29, 1.82) is 0 Å². The topological polar surface area (TPSA) is 35.0 Å². The molecule has 0 atom stereocenters. The molecule has 0 unspecified atom stereocenters. The Morgan fingerprint density at radius 1 is 0.800 bits per heavy atom. The molecule has 3 heteroatoms. The molecular weight excluding hydrogens is 428 g/mol. The molecular formula is C32H48N2O. The highest BCUT2D eigenvalue weighted by Crippen LogP contribution is 2.32. The minimum Gasteiger partial charge on any atom is -0.490 e. The van der Waals surface area contributed by atoms with Crippen LogP contribution in [-0.2, 0) is 6.42 Å². The number of ether oxygens (including phenoxy) is 1. The van der Waals surface area contributed by atoms with Crippen molar-refractivity contribution in [1.82, 2.24) is 9.97 Å². The molecule has 0 bridgehead atoms. The third kappa shape index (κ3) is 10.5. The fraction of sp³-hybridized carbons (Fsp3) is 0.625. The number of allylic oxidation sites excluding steroid dienone is 1. The van der Waals surface area contributed by atoms with E-state index in [0.29, 0.717) is 6.61 Å². The summed E-state index contributed by atoms with van der Waals surface area (Å²) in [6.07, 6.45) is 28.7. The first kappa shape index (κ1) is 27.4. The van der Waals surface area contributed by atoms with Gasteiger partial charge in [-0.05, 0) is 80.2 Å². The van der Waals surface area contributed by atoms with Gasteiger partial charge in [0, 0.05) is 18.0 Å². The lowest BCUT2D eigenvalue weighted by Crippen LogP contribution is -2.13. The standard InChI is InChI=1S/C32H48N2O/c1-3-5-7-8-9-11-14-29-25-33-32(34-26-29)30-20-22-31(23-21-30)35-24-12-15-28-18-16-27(17-19-28)13-10-6-4-2/h12,15,20-23,25-28H,3-11,13-14,16-19,24H2,1-2H3/t27-,28-. The molecule has 192 valence electrons. The van der Waals surface area contributed by atoms with E-state index in [0.717, 1.165) is 35.4 Å². The zero-order valence-electron chi connectivity index (χ0n) is 22.4. The highest BCUT2D eigenvalue weighted by Gasteiger charge is 2.18. The van der Waals surface area contributed by atoms with Gasteiger partial charge in [-0.15, -0.1) is 0 Å². The van der Waals surface area contributed by atoms with Crippen molar-refractivity contribution in [3.8, 4) is 17.1 Å². The average molecular weight is 477 g/mol. The number of nitrogens with zero attached hydrogens (tertiary/aromatic N) is 2. The lowest BCUT2D eigenvalue weighted by atomic mass is 9.79. The Bertz CT molecular complexity index is 820. The summed E-state index contributed by atoms with van der Waals surface area (Å²) in [5.74, 6) is 3.40. The molecule has 0 aliphatic heterocycles. The number of benzene rings is 1. The first-order valence-electron chi connectivity index (χ1n) is 14.5. The van der Waals surface area contributed by atoms with E-state index in [1.54, 1.807) is 0 Å². The maximum atomic E-state index is 5.95. The largest absolute Gasteiger partial charge is 0.490 e. The van der Waals surface area contributed by atoms with Gasteiger partial charge in [0.15, 0.2) is 5.82 Å². The zero-order chi connectivity index (χ0) is 24.6. The number of unbranched alkanes of at least 4 members (excludes halogenated alkanes) is 7. The van der Waals surface area contributed by atoms with Gasteiger partial charge >= 0.3 is 0 Å². The van der Waals surface area contributed by atoms with Crippen molar-refractivity contribution in [3.63, 3.8) is 0 Å². The Hall–Kier alpha value is -2.16. The van der Waals surface area contributed by atoms with Crippen LogP contribution in [0.4, 0.5) is 0 Å².